The second kappa shape index (κ2) is 5.73. The molecule has 0 spiro atoms. The van der Waals surface area contributed by atoms with E-state index in [2.05, 4.69) is 15.4 Å². The van der Waals surface area contributed by atoms with Crippen molar-refractivity contribution in [2.45, 2.75) is 33.9 Å². The van der Waals surface area contributed by atoms with Crippen molar-refractivity contribution in [3.8, 4) is 0 Å². The number of nitrogen functional groups attached to an aromatic ring is 1. The molecule has 0 fully saturated rings. The van der Waals surface area contributed by atoms with E-state index in [1.54, 1.807) is 24.0 Å². The van der Waals surface area contributed by atoms with Crippen LogP contribution >= 0.6 is 0 Å². The molecule has 2 aromatic heterocycles. The van der Waals surface area contributed by atoms with Crippen LogP contribution in [0.3, 0.4) is 0 Å². The van der Waals surface area contributed by atoms with Crippen LogP contribution in [-0.2, 0) is 13.1 Å². The second-order valence-corrected chi connectivity index (χ2v) is 4.65. The fourth-order valence-corrected chi connectivity index (χ4v) is 2.00. The second-order valence-electron chi connectivity index (χ2n) is 4.65. The lowest BCUT2D eigenvalue weighted by molar-refractivity contribution is 0.0941. The lowest BCUT2D eigenvalue weighted by Crippen LogP contribution is -2.27. The highest BCUT2D eigenvalue weighted by Gasteiger charge is 2.18. The van der Waals surface area contributed by atoms with Gasteiger partial charge in [-0.15, -0.1) is 0 Å². The zero-order valence-corrected chi connectivity index (χ0v) is 12.0. The van der Waals surface area contributed by atoms with Crippen molar-refractivity contribution >= 4 is 11.6 Å². The minimum Gasteiger partial charge on any atom is -0.395 e. The molecule has 106 valence electrons. The first-order valence-electron chi connectivity index (χ1n) is 6.55. The van der Waals surface area contributed by atoms with Crippen molar-refractivity contribution < 1.29 is 4.79 Å². The van der Waals surface area contributed by atoms with Gasteiger partial charge in [-0.25, -0.2) is 0 Å². The Labute approximate surface area is 118 Å². The molecular weight excluding hydrogens is 254 g/mol. The Morgan fingerprint density at radius 2 is 2.20 bits per heavy atom. The van der Waals surface area contributed by atoms with E-state index in [4.69, 9.17) is 5.73 Å². The van der Waals surface area contributed by atoms with Gasteiger partial charge in [0.1, 0.15) is 5.69 Å². The topological polar surface area (TPSA) is 85.8 Å². The molecule has 6 nitrogen and oxygen atoms in total. The van der Waals surface area contributed by atoms with Crippen molar-refractivity contribution in [1.82, 2.24) is 20.1 Å². The number of aromatic nitrogens is 3. The normalized spacial score (nSPS) is 10.6. The molecule has 0 radical (unpaired) electrons. The minimum absolute atomic E-state index is 0.215. The Bertz CT molecular complexity index is 632. The summed E-state index contributed by atoms with van der Waals surface area (Å²) in [6.07, 6.45) is 3.48. The van der Waals surface area contributed by atoms with Gasteiger partial charge in [-0.05, 0) is 38.0 Å². The molecule has 0 aliphatic carbocycles. The number of amides is 1. The Balaban J connectivity index is 2.15. The summed E-state index contributed by atoms with van der Waals surface area (Å²) >= 11 is 0. The summed E-state index contributed by atoms with van der Waals surface area (Å²) in [7, 11) is 0. The molecule has 0 unspecified atom stereocenters. The predicted octanol–water partition coefficient (Wildman–Crippen LogP) is 1.43. The Morgan fingerprint density at radius 3 is 2.85 bits per heavy atom. The quantitative estimate of drug-likeness (QED) is 0.882. The smallest absolute Gasteiger partial charge is 0.271 e. The maximum atomic E-state index is 12.3. The molecule has 6 heteroatoms. The number of rotatable bonds is 4. The van der Waals surface area contributed by atoms with Crippen LogP contribution in [0.15, 0.2) is 18.5 Å². The summed E-state index contributed by atoms with van der Waals surface area (Å²) in [5.74, 6) is -0.215. The Kier molecular flexibility index (Phi) is 4.02. The lowest BCUT2D eigenvalue weighted by Gasteiger charge is -2.09. The first kappa shape index (κ1) is 14.0. The number of carbonyl (C=O) groups is 1. The van der Waals surface area contributed by atoms with E-state index in [0.717, 1.165) is 11.1 Å². The maximum absolute atomic E-state index is 12.3. The van der Waals surface area contributed by atoms with E-state index < -0.39 is 0 Å². The average Bonchev–Trinajstić information content (AvgIpc) is 2.73. The van der Waals surface area contributed by atoms with Crippen molar-refractivity contribution in [3.63, 3.8) is 0 Å². The van der Waals surface area contributed by atoms with E-state index in [0.29, 0.717) is 30.2 Å². The molecule has 0 bridgehead atoms. The summed E-state index contributed by atoms with van der Waals surface area (Å²) in [5.41, 5.74) is 9.53. The fourth-order valence-electron chi connectivity index (χ4n) is 2.00. The summed E-state index contributed by atoms with van der Waals surface area (Å²) in [4.78, 5) is 16.3. The average molecular weight is 273 g/mol. The van der Waals surface area contributed by atoms with Crippen LogP contribution < -0.4 is 11.1 Å². The summed E-state index contributed by atoms with van der Waals surface area (Å²) < 4.78 is 1.62. The lowest BCUT2D eigenvalue weighted by atomic mass is 10.1. The number of hydrogen-bond acceptors (Lipinski definition) is 4. The number of pyridine rings is 1. The van der Waals surface area contributed by atoms with Crippen LogP contribution in [0.2, 0.25) is 0 Å². The predicted molar refractivity (Wildman–Crippen MR) is 77.2 cm³/mol. The molecule has 3 N–H and O–H groups in total. The maximum Gasteiger partial charge on any atom is 0.271 e. The molecule has 0 aromatic carbocycles. The van der Waals surface area contributed by atoms with E-state index in [9.17, 15) is 4.79 Å². The van der Waals surface area contributed by atoms with Gasteiger partial charge < -0.3 is 11.1 Å². The first-order chi connectivity index (χ1) is 9.54. The first-order valence-corrected chi connectivity index (χ1v) is 6.55. The summed E-state index contributed by atoms with van der Waals surface area (Å²) in [5, 5.41) is 7.11. The van der Waals surface area contributed by atoms with Gasteiger partial charge in [0.25, 0.3) is 5.91 Å². The van der Waals surface area contributed by atoms with Gasteiger partial charge in [0, 0.05) is 25.5 Å². The van der Waals surface area contributed by atoms with Gasteiger partial charge >= 0.3 is 0 Å². The largest absolute Gasteiger partial charge is 0.395 e. The molecule has 0 saturated heterocycles. The highest BCUT2D eigenvalue weighted by atomic mass is 16.2. The number of nitrogens with zero attached hydrogens (tertiary/aromatic N) is 3. The highest BCUT2D eigenvalue weighted by molar-refractivity contribution is 5.97. The molecule has 0 aliphatic rings. The minimum atomic E-state index is -0.215. The fraction of sp³-hybridized carbons (Fsp3) is 0.357. The molecule has 2 heterocycles. The highest BCUT2D eigenvalue weighted by Crippen LogP contribution is 2.16. The molecular formula is C14H19N5O. The van der Waals surface area contributed by atoms with Crippen LogP contribution in [0.5, 0.6) is 0 Å². The zero-order chi connectivity index (χ0) is 14.7. The summed E-state index contributed by atoms with van der Waals surface area (Å²) in [6, 6.07) is 1.91. The third-order valence-corrected chi connectivity index (χ3v) is 3.28. The van der Waals surface area contributed by atoms with Crippen LogP contribution in [0, 0.1) is 13.8 Å². The number of carbonyl (C=O) groups excluding carboxylic acids is 1. The third-order valence-electron chi connectivity index (χ3n) is 3.28. The standard InChI is InChI=1S/C14H19N5O/c1-4-19-13(12(15)10(3)18-19)14(20)17-8-11-7-16-6-5-9(11)2/h5-7H,4,8,15H2,1-3H3,(H,17,20). The number of aryl methyl sites for hydroxylation is 3. The SMILES string of the molecule is CCn1nc(C)c(N)c1C(=O)NCc1cnccc1C. The van der Waals surface area contributed by atoms with Gasteiger partial charge in [0.2, 0.25) is 0 Å². The van der Waals surface area contributed by atoms with E-state index in [1.807, 2.05) is 19.9 Å². The zero-order valence-electron chi connectivity index (χ0n) is 12.0. The van der Waals surface area contributed by atoms with Gasteiger partial charge in [-0.1, -0.05) is 0 Å². The van der Waals surface area contributed by atoms with Gasteiger partial charge in [0.05, 0.1) is 11.4 Å². The van der Waals surface area contributed by atoms with Crippen LogP contribution in [0.4, 0.5) is 5.69 Å². The van der Waals surface area contributed by atoms with E-state index in [1.165, 1.54) is 0 Å². The number of hydrogen-bond donors (Lipinski definition) is 2. The van der Waals surface area contributed by atoms with E-state index >= 15 is 0 Å². The third kappa shape index (κ3) is 2.64. The molecule has 2 rings (SSSR count). The monoisotopic (exact) mass is 273 g/mol. The Hall–Kier alpha value is -2.37. The van der Waals surface area contributed by atoms with Crippen molar-refractivity contribution in [3.05, 3.63) is 41.0 Å². The van der Waals surface area contributed by atoms with Crippen LogP contribution in [-0.4, -0.2) is 20.7 Å². The van der Waals surface area contributed by atoms with Crippen LogP contribution in [0.1, 0.15) is 34.2 Å². The van der Waals surface area contributed by atoms with Crippen LogP contribution in [0.25, 0.3) is 0 Å². The summed E-state index contributed by atoms with van der Waals surface area (Å²) in [6.45, 7) is 6.73. The van der Waals surface area contributed by atoms with Gasteiger partial charge in [-0.3, -0.25) is 14.5 Å². The molecule has 0 atom stereocenters. The molecule has 1 amide bonds. The number of nitrogens with two attached hydrogens (primary N) is 1. The van der Waals surface area contributed by atoms with E-state index in [-0.39, 0.29) is 5.91 Å². The van der Waals surface area contributed by atoms with Crippen molar-refractivity contribution in [2.24, 2.45) is 0 Å². The number of anilines is 1. The van der Waals surface area contributed by atoms with Gasteiger partial charge in [-0.2, -0.15) is 5.10 Å². The van der Waals surface area contributed by atoms with Crippen molar-refractivity contribution in [1.29, 1.82) is 0 Å². The molecule has 0 aliphatic heterocycles. The Morgan fingerprint density at radius 1 is 1.45 bits per heavy atom. The molecule has 20 heavy (non-hydrogen) atoms. The molecule has 0 saturated carbocycles. The van der Waals surface area contributed by atoms with Gasteiger partial charge in [0.15, 0.2) is 0 Å². The molecule has 2 aromatic rings. The number of nitrogens with one attached hydrogen (secondary N) is 1. The van der Waals surface area contributed by atoms with Crippen molar-refractivity contribution in [2.75, 3.05) is 5.73 Å².